The van der Waals surface area contributed by atoms with E-state index in [4.69, 9.17) is 39.9 Å². The Morgan fingerprint density at radius 2 is 0.298 bits per heavy atom. The number of hydrogen-bond acceptors (Lipinski definition) is 8. The molecular weight excluding hydrogens is 1510 g/mol. The quantitative estimate of drug-likeness (QED) is 0.0882. The molecule has 0 unspecified atom stereocenters. The van der Waals surface area contributed by atoms with E-state index >= 15 is 0 Å². The Labute approximate surface area is 719 Å². The molecule has 580 valence electrons. The lowest BCUT2D eigenvalue weighted by molar-refractivity contribution is 1.18. The number of hydrogen-bond donors (Lipinski definition) is 0. The molecule has 6 heterocycles. The van der Waals surface area contributed by atoms with Gasteiger partial charge in [-0.3, -0.25) is 0 Å². The summed E-state index contributed by atoms with van der Waals surface area (Å²) in [4.78, 5) is 41.4. The molecule has 8 heteroatoms. The van der Waals surface area contributed by atoms with E-state index in [9.17, 15) is 0 Å². The van der Waals surface area contributed by atoms with Crippen molar-refractivity contribution in [2.45, 2.75) is 0 Å². The molecule has 0 aliphatic carbocycles. The predicted octanol–water partition coefficient (Wildman–Crippen LogP) is 29.8. The molecule has 0 radical (unpaired) electrons. The average Bonchev–Trinajstić information content (AvgIpc) is 0.758. The van der Waals surface area contributed by atoms with E-state index in [-0.39, 0.29) is 0 Å². The number of nitrogens with zero attached hydrogens (tertiary/aromatic N) is 8. The second kappa shape index (κ2) is 33.6. The molecule has 0 N–H and O–H groups in total. The van der Waals surface area contributed by atoms with Gasteiger partial charge in [0.05, 0.1) is 67.6 Å². The normalized spacial score (nSPS) is 11.2. The zero-order valence-corrected chi connectivity index (χ0v) is 67.5. The third-order valence-electron chi connectivity index (χ3n) is 23.1. The van der Waals surface area contributed by atoms with Crippen LogP contribution in [0.5, 0.6) is 0 Å². The second-order valence-corrected chi connectivity index (χ2v) is 30.9. The highest BCUT2D eigenvalue weighted by Crippen LogP contribution is 2.41. The fourth-order valence-electron chi connectivity index (χ4n) is 16.5. The maximum Gasteiger partial charge on any atom is 0.160 e. The molecular formula is C116H76N8. The largest absolute Gasteiger partial charge is 0.245 e. The van der Waals surface area contributed by atoms with Gasteiger partial charge in [-0.25, -0.2) is 39.9 Å². The van der Waals surface area contributed by atoms with Gasteiger partial charge in [0.1, 0.15) is 0 Å². The van der Waals surface area contributed by atoms with Crippen LogP contribution in [-0.2, 0) is 0 Å². The molecule has 6 aromatic heterocycles. The molecule has 16 aromatic carbocycles. The van der Waals surface area contributed by atoms with Crippen molar-refractivity contribution in [1.29, 1.82) is 0 Å². The van der Waals surface area contributed by atoms with Crippen molar-refractivity contribution in [2.75, 3.05) is 0 Å². The number of pyridine rings is 4. The first-order valence-corrected chi connectivity index (χ1v) is 41.7. The van der Waals surface area contributed by atoms with Crippen LogP contribution in [0, 0.1) is 0 Å². The van der Waals surface area contributed by atoms with E-state index in [0.29, 0.717) is 11.6 Å². The molecule has 0 amide bonds. The van der Waals surface area contributed by atoms with E-state index in [1.807, 2.05) is 60.7 Å². The van der Waals surface area contributed by atoms with E-state index in [1.54, 1.807) is 0 Å². The van der Waals surface area contributed by atoms with Crippen LogP contribution in [0.2, 0.25) is 0 Å². The monoisotopic (exact) mass is 1580 g/mol. The van der Waals surface area contributed by atoms with Crippen LogP contribution in [0.15, 0.2) is 461 Å². The van der Waals surface area contributed by atoms with Crippen molar-refractivity contribution in [3.63, 3.8) is 0 Å². The van der Waals surface area contributed by atoms with Crippen LogP contribution in [0.4, 0.5) is 0 Å². The van der Waals surface area contributed by atoms with Crippen molar-refractivity contribution in [1.82, 2.24) is 39.9 Å². The summed E-state index contributed by atoms with van der Waals surface area (Å²) in [5, 5.41) is 4.28. The van der Waals surface area contributed by atoms with Gasteiger partial charge in [-0.2, -0.15) is 0 Å². The highest BCUT2D eigenvalue weighted by atomic mass is 14.9. The lowest BCUT2D eigenvalue weighted by atomic mass is 9.96. The summed E-state index contributed by atoms with van der Waals surface area (Å²) >= 11 is 0. The Kier molecular flexibility index (Phi) is 20.3. The second-order valence-electron chi connectivity index (χ2n) is 30.9. The standard InChI is InChI=1S/2C58H38N4/c1-5-13-39(14-6-1)40-23-29-46(30-24-40)54-38-55(62-58(61-54)49-19-11-4-12-20-49)47-31-25-42(26-32-47)41-21-27-45(28-22-41)52-36-34-48-33-35-50-51(43-15-7-2-8-16-43)37-53(44-17-9-3-10-18-44)60-57(50)56(48)59-52;1-5-13-39(14-6-1)40-23-29-47(30-24-40)55-38-54(45-19-11-4-12-20-45)61-58(62-55)49-31-25-42(26-32-49)41-21-27-46(28-22-41)52-36-34-48-33-35-50-51(43-15-7-2-8-16-43)37-53(44-17-9-3-10-18-44)60-57(50)56(48)59-52/h2*1-38H. The van der Waals surface area contributed by atoms with Crippen molar-refractivity contribution in [3.05, 3.63) is 461 Å². The van der Waals surface area contributed by atoms with Crippen LogP contribution in [-0.4, -0.2) is 39.9 Å². The minimum atomic E-state index is 0.687. The number of rotatable bonds is 16. The zero-order valence-electron chi connectivity index (χ0n) is 67.5. The van der Waals surface area contributed by atoms with E-state index in [1.165, 1.54) is 22.3 Å². The first-order chi connectivity index (χ1) is 61.4. The Bertz CT molecular complexity index is 7130. The van der Waals surface area contributed by atoms with E-state index in [0.717, 1.165) is 189 Å². The Morgan fingerprint density at radius 1 is 0.113 bits per heavy atom. The summed E-state index contributed by atoms with van der Waals surface area (Å²) in [5.74, 6) is 1.39. The van der Waals surface area contributed by atoms with Gasteiger partial charge in [-0.1, -0.05) is 425 Å². The highest BCUT2D eigenvalue weighted by molar-refractivity contribution is 6.11. The summed E-state index contributed by atoms with van der Waals surface area (Å²) in [6.45, 7) is 0. The predicted molar refractivity (Wildman–Crippen MR) is 512 cm³/mol. The summed E-state index contributed by atoms with van der Waals surface area (Å²) in [6, 6.07) is 161. The summed E-state index contributed by atoms with van der Waals surface area (Å²) < 4.78 is 0. The molecule has 124 heavy (non-hydrogen) atoms. The fraction of sp³-hybridized carbons (Fsp3) is 0. The van der Waals surface area contributed by atoms with Crippen LogP contribution in [0.1, 0.15) is 0 Å². The van der Waals surface area contributed by atoms with Crippen LogP contribution in [0.3, 0.4) is 0 Å². The maximum atomic E-state index is 5.29. The smallest absolute Gasteiger partial charge is 0.160 e. The van der Waals surface area contributed by atoms with Gasteiger partial charge < -0.3 is 0 Å². The van der Waals surface area contributed by atoms with Crippen molar-refractivity contribution in [3.8, 4) is 180 Å². The lowest BCUT2D eigenvalue weighted by Gasteiger charge is -2.13. The molecule has 0 aliphatic rings. The van der Waals surface area contributed by atoms with Gasteiger partial charge in [-0.15, -0.1) is 0 Å². The van der Waals surface area contributed by atoms with Gasteiger partial charge in [0.25, 0.3) is 0 Å². The average molecular weight is 1580 g/mol. The Hall–Kier alpha value is -16.7. The first kappa shape index (κ1) is 74.8. The molecule has 0 spiro atoms. The molecule has 8 nitrogen and oxygen atoms in total. The topological polar surface area (TPSA) is 103 Å². The third kappa shape index (κ3) is 15.6. The molecule has 22 rings (SSSR count). The van der Waals surface area contributed by atoms with Gasteiger partial charge in [0.2, 0.25) is 0 Å². The van der Waals surface area contributed by atoms with E-state index < -0.39 is 0 Å². The van der Waals surface area contributed by atoms with Crippen molar-refractivity contribution in [2.24, 2.45) is 0 Å². The number of aromatic nitrogens is 8. The summed E-state index contributed by atoms with van der Waals surface area (Å²) in [5.41, 5.74) is 34.9. The Morgan fingerprint density at radius 3 is 0.581 bits per heavy atom. The first-order valence-electron chi connectivity index (χ1n) is 41.7. The molecule has 0 atom stereocenters. The number of fused-ring (bicyclic) bond motifs is 6. The van der Waals surface area contributed by atoms with Crippen molar-refractivity contribution < 1.29 is 0 Å². The summed E-state index contributed by atoms with van der Waals surface area (Å²) in [6.07, 6.45) is 0. The SMILES string of the molecule is c1ccc(-c2ccc(-c3cc(-c4ccc(-c5ccc(-c6ccc7ccc8c(-c9ccccc9)cc(-c9ccccc9)nc8c7n6)cc5)cc4)nc(-c4ccccc4)n3)cc2)cc1.c1ccc(-c2ccc(-c3cc(-c4ccccc4)nc(-c4ccc(-c5ccc(-c6ccc7ccc8c(-c9ccccc9)cc(-c9ccccc9)nc8c7n6)cc5)cc4)n3)cc2)cc1. The fourth-order valence-corrected chi connectivity index (χ4v) is 16.5. The Balaban J connectivity index is 0.000000152. The highest BCUT2D eigenvalue weighted by Gasteiger charge is 2.20. The number of benzene rings is 16. The van der Waals surface area contributed by atoms with Crippen LogP contribution >= 0.6 is 0 Å². The lowest BCUT2D eigenvalue weighted by Crippen LogP contribution is -1.96. The van der Waals surface area contributed by atoms with Gasteiger partial charge in [0, 0.05) is 77.2 Å². The van der Waals surface area contributed by atoms with Gasteiger partial charge in [0.15, 0.2) is 11.6 Å². The third-order valence-corrected chi connectivity index (χ3v) is 23.1. The minimum Gasteiger partial charge on any atom is -0.245 e. The van der Waals surface area contributed by atoms with Gasteiger partial charge in [-0.05, 0) is 103 Å². The van der Waals surface area contributed by atoms with Crippen LogP contribution < -0.4 is 0 Å². The zero-order chi connectivity index (χ0) is 82.5. The molecule has 22 aromatic rings. The molecule has 0 saturated heterocycles. The van der Waals surface area contributed by atoms with Gasteiger partial charge >= 0.3 is 0 Å². The molecule has 0 aliphatic heterocycles. The van der Waals surface area contributed by atoms with Crippen LogP contribution in [0.25, 0.3) is 223 Å². The summed E-state index contributed by atoms with van der Waals surface area (Å²) in [7, 11) is 0. The molecule has 0 fully saturated rings. The van der Waals surface area contributed by atoms with E-state index in [2.05, 4.69) is 400 Å². The maximum absolute atomic E-state index is 5.29. The van der Waals surface area contributed by atoms with Crippen molar-refractivity contribution >= 4 is 43.6 Å². The molecule has 0 saturated carbocycles. The molecule has 0 bridgehead atoms. The minimum absolute atomic E-state index is 0.687.